The normalized spacial score (nSPS) is 12.7. The van der Waals surface area contributed by atoms with Gasteiger partial charge in [0.2, 0.25) is 5.91 Å². The number of esters is 1. The Bertz CT molecular complexity index is 1140. The van der Waals surface area contributed by atoms with Crippen molar-refractivity contribution >= 4 is 28.7 Å². The Balaban J connectivity index is 1.77. The smallest absolute Gasteiger partial charge is 0.328 e. The van der Waals surface area contributed by atoms with Gasteiger partial charge >= 0.3 is 5.97 Å². The number of H-pyrrole nitrogens is 1. The first-order valence-corrected chi connectivity index (χ1v) is 11.1. The summed E-state index contributed by atoms with van der Waals surface area (Å²) in [5.41, 5.74) is 1.83. The predicted octanol–water partition coefficient (Wildman–Crippen LogP) is 2.62. The van der Waals surface area contributed by atoms with Crippen molar-refractivity contribution in [2.24, 2.45) is 5.92 Å². The van der Waals surface area contributed by atoms with Crippen LogP contribution in [-0.2, 0) is 20.7 Å². The third kappa shape index (κ3) is 6.12. The van der Waals surface area contributed by atoms with Gasteiger partial charge in [0.1, 0.15) is 23.5 Å². The van der Waals surface area contributed by atoms with Crippen LogP contribution in [0.2, 0.25) is 0 Å². The van der Waals surface area contributed by atoms with Crippen LogP contribution in [0.1, 0.15) is 36.3 Å². The lowest BCUT2D eigenvalue weighted by Crippen LogP contribution is -2.53. The van der Waals surface area contributed by atoms with E-state index in [0.29, 0.717) is 17.9 Å². The lowest BCUT2D eigenvalue weighted by atomic mass is 10.0. The number of rotatable bonds is 10. The predicted molar refractivity (Wildman–Crippen MR) is 127 cm³/mol. The first-order valence-electron chi connectivity index (χ1n) is 11.1. The minimum Gasteiger partial charge on any atom is -0.496 e. The van der Waals surface area contributed by atoms with Crippen LogP contribution in [0.3, 0.4) is 0 Å². The molecule has 0 fully saturated rings. The van der Waals surface area contributed by atoms with E-state index in [1.54, 1.807) is 31.6 Å². The molecule has 0 saturated carbocycles. The number of amides is 2. The average molecular weight is 467 g/mol. The second-order valence-corrected chi connectivity index (χ2v) is 8.41. The summed E-state index contributed by atoms with van der Waals surface area (Å²) >= 11 is 0. The largest absolute Gasteiger partial charge is 0.496 e. The fraction of sp³-hybridized carbons (Fsp3) is 0.360. The number of hydrogen-bond donors (Lipinski definition) is 3. The maximum Gasteiger partial charge on any atom is 0.328 e. The molecule has 2 heterocycles. The highest BCUT2D eigenvalue weighted by molar-refractivity contribution is 6.01. The molecule has 0 spiro atoms. The third-order valence-electron chi connectivity index (χ3n) is 5.38. The van der Waals surface area contributed by atoms with Crippen molar-refractivity contribution in [2.45, 2.75) is 38.8 Å². The van der Waals surface area contributed by atoms with Crippen molar-refractivity contribution in [3.8, 4) is 5.75 Å². The van der Waals surface area contributed by atoms with Crippen LogP contribution < -0.4 is 15.4 Å². The molecule has 3 rings (SSSR count). The molecule has 0 bridgehead atoms. The Morgan fingerprint density at radius 2 is 1.85 bits per heavy atom. The molecule has 9 heteroatoms. The SMILES string of the molecule is COC(=O)C(Cc1cccnc1)NC(=O)C(CC(C)C)NC(=O)c1cc2c(OC)cccc2[nH]1. The molecular weight excluding hydrogens is 436 g/mol. The van der Waals surface area contributed by atoms with Crippen LogP contribution in [0.15, 0.2) is 48.8 Å². The molecule has 2 aromatic heterocycles. The van der Waals surface area contributed by atoms with E-state index in [9.17, 15) is 14.4 Å². The number of carbonyl (C=O) groups excluding carboxylic acids is 3. The second-order valence-electron chi connectivity index (χ2n) is 8.41. The molecule has 0 saturated heterocycles. The number of nitrogens with one attached hydrogen (secondary N) is 3. The first kappa shape index (κ1) is 24.8. The number of aromatic nitrogens is 2. The first-order chi connectivity index (χ1) is 16.3. The van der Waals surface area contributed by atoms with Crippen molar-refractivity contribution in [3.05, 3.63) is 60.0 Å². The molecule has 180 valence electrons. The average Bonchev–Trinajstić information content (AvgIpc) is 3.27. The lowest BCUT2D eigenvalue weighted by molar-refractivity contribution is -0.145. The molecule has 0 aliphatic carbocycles. The number of methoxy groups -OCH3 is 2. The van der Waals surface area contributed by atoms with Crippen LogP contribution in [0.4, 0.5) is 0 Å². The number of nitrogens with zero attached hydrogens (tertiary/aromatic N) is 1. The van der Waals surface area contributed by atoms with Crippen molar-refractivity contribution in [3.63, 3.8) is 0 Å². The highest BCUT2D eigenvalue weighted by Crippen LogP contribution is 2.26. The zero-order chi connectivity index (χ0) is 24.7. The van der Waals surface area contributed by atoms with Gasteiger partial charge < -0.3 is 25.1 Å². The third-order valence-corrected chi connectivity index (χ3v) is 5.38. The molecule has 3 aromatic rings. The van der Waals surface area contributed by atoms with Gasteiger partial charge in [0, 0.05) is 29.7 Å². The summed E-state index contributed by atoms with van der Waals surface area (Å²) in [6.45, 7) is 3.90. The second kappa shape index (κ2) is 11.3. The molecular formula is C25H30N4O5. The zero-order valence-corrected chi connectivity index (χ0v) is 19.8. The number of fused-ring (bicyclic) bond motifs is 1. The van der Waals surface area contributed by atoms with Gasteiger partial charge in [0.15, 0.2) is 0 Å². The van der Waals surface area contributed by atoms with Crippen molar-refractivity contribution < 1.29 is 23.9 Å². The van der Waals surface area contributed by atoms with Crippen LogP contribution in [0.25, 0.3) is 10.9 Å². The van der Waals surface area contributed by atoms with Crippen LogP contribution in [0, 0.1) is 5.92 Å². The minimum atomic E-state index is -0.911. The van der Waals surface area contributed by atoms with Crippen LogP contribution in [-0.4, -0.2) is 54.1 Å². The monoisotopic (exact) mass is 466 g/mol. The van der Waals surface area contributed by atoms with E-state index < -0.39 is 29.9 Å². The van der Waals surface area contributed by atoms with Gasteiger partial charge in [0.05, 0.1) is 14.2 Å². The molecule has 0 radical (unpaired) electrons. The number of pyridine rings is 1. The number of benzene rings is 1. The highest BCUT2D eigenvalue weighted by Gasteiger charge is 2.29. The molecule has 2 amide bonds. The van der Waals surface area contributed by atoms with Gasteiger partial charge in [0.25, 0.3) is 5.91 Å². The summed E-state index contributed by atoms with van der Waals surface area (Å²) in [5.74, 6) is -0.708. The maximum absolute atomic E-state index is 13.2. The Labute approximate surface area is 198 Å². The summed E-state index contributed by atoms with van der Waals surface area (Å²) < 4.78 is 10.2. The van der Waals surface area contributed by atoms with Gasteiger partial charge in [-0.2, -0.15) is 0 Å². The summed E-state index contributed by atoms with van der Waals surface area (Å²) in [4.78, 5) is 45.6. The zero-order valence-electron chi connectivity index (χ0n) is 19.8. The number of ether oxygens (including phenoxy) is 2. The molecule has 2 atom stereocenters. The number of carbonyl (C=O) groups is 3. The summed E-state index contributed by atoms with van der Waals surface area (Å²) in [5, 5.41) is 6.30. The highest BCUT2D eigenvalue weighted by atomic mass is 16.5. The summed E-state index contributed by atoms with van der Waals surface area (Å²) in [7, 11) is 2.83. The number of hydrogen-bond acceptors (Lipinski definition) is 6. The minimum absolute atomic E-state index is 0.119. The van der Waals surface area contributed by atoms with Crippen LogP contribution >= 0.6 is 0 Å². The molecule has 0 aliphatic heterocycles. The van der Waals surface area contributed by atoms with E-state index in [1.807, 2.05) is 38.1 Å². The van der Waals surface area contributed by atoms with Crippen molar-refractivity contribution in [1.29, 1.82) is 0 Å². The van der Waals surface area contributed by atoms with Gasteiger partial charge in [-0.25, -0.2) is 4.79 Å². The topological polar surface area (TPSA) is 122 Å². The molecule has 2 unspecified atom stereocenters. The van der Waals surface area contributed by atoms with Crippen molar-refractivity contribution in [2.75, 3.05) is 14.2 Å². The quantitative estimate of drug-likeness (QED) is 0.395. The van der Waals surface area contributed by atoms with Gasteiger partial charge in [-0.05, 0) is 42.2 Å². The van der Waals surface area contributed by atoms with E-state index >= 15 is 0 Å². The van der Waals surface area contributed by atoms with Gasteiger partial charge in [-0.3, -0.25) is 14.6 Å². The lowest BCUT2D eigenvalue weighted by Gasteiger charge is -2.23. The van der Waals surface area contributed by atoms with E-state index in [-0.39, 0.29) is 12.3 Å². The number of aromatic amines is 1. The van der Waals surface area contributed by atoms with Crippen molar-refractivity contribution in [1.82, 2.24) is 20.6 Å². The van der Waals surface area contributed by atoms with E-state index in [2.05, 4.69) is 20.6 Å². The molecule has 0 aliphatic rings. The fourth-order valence-corrected chi connectivity index (χ4v) is 3.73. The summed E-state index contributed by atoms with van der Waals surface area (Å²) in [6.07, 6.45) is 3.86. The Morgan fingerprint density at radius 3 is 2.50 bits per heavy atom. The van der Waals surface area contributed by atoms with E-state index in [0.717, 1.165) is 16.5 Å². The summed E-state index contributed by atoms with van der Waals surface area (Å²) in [6, 6.07) is 8.97. The Hall–Kier alpha value is -3.88. The van der Waals surface area contributed by atoms with Gasteiger partial charge in [-0.15, -0.1) is 0 Å². The molecule has 1 aromatic carbocycles. The van der Waals surface area contributed by atoms with Gasteiger partial charge in [-0.1, -0.05) is 26.0 Å². The Kier molecular flexibility index (Phi) is 8.24. The fourth-order valence-electron chi connectivity index (χ4n) is 3.73. The van der Waals surface area contributed by atoms with E-state index in [1.165, 1.54) is 7.11 Å². The molecule has 3 N–H and O–H groups in total. The van der Waals surface area contributed by atoms with E-state index in [4.69, 9.17) is 9.47 Å². The molecule has 9 nitrogen and oxygen atoms in total. The maximum atomic E-state index is 13.2. The standard InChI is InChI=1S/C25H30N4O5/c1-15(2)11-19(23(30)29-21(25(32)34-4)12-16-7-6-10-26-14-16)28-24(31)20-13-17-18(27-20)8-5-9-22(17)33-3/h5-10,13-15,19,21,27H,11-12H2,1-4H3,(H,28,31)(H,29,30). The Morgan fingerprint density at radius 1 is 1.06 bits per heavy atom. The molecule has 34 heavy (non-hydrogen) atoms. The van der Waals surface area contributed by atoms with Crippen LogP contribution in [0.5, 0.6) is 5.75 Å².